The Bertz CT molecular complexity index is 274. The van der Waals surface area contributed by atoms with Gasteiger partial charge in [0.25, 0.3) is 0 Å². The summed E-state index contributed by atoms with van der Waals surface area (Å²) in [5.74, 6) is 0. The zero-order chi connectivity index (χ0) is 9.80. The predicted octanol–water partition coefficient (Wildman–Crippen LogP) is 2.54. The Hall–Kier alpha value is -0.760. The van der Waals surface area contributed by atoms with Crippen molar-refractivity contribution in [2.24, 2.45) is 0 Å². The Morgan fingerprint density at radius 3 is 3.00 bits per heavy atom. The second kappa shape index (κ2) is 4.65. The van der Waals surface area contributed by atoms with Crippen molar-refractivity contribution in [1.82, 2.24) is 9.88 Å². The van der Waals surface area contributed by atoms with E-state index in [2.05, 4.69) is 35.3 Å². The van der Waals surface area contributed by atoms with Crippen LogP contribution in [0.4, 0.5) is 0 Å². The maximum Gasteiger partial charge on any atom is 0.0223 e. The van der Waals surface area contributed by atoms with Crippen LogP contribution >= 0.6 is 0 Å². The quantitative estimate of drug-likeness (QED) is 0.758. The van der Waals surface area contributed by atoms with Crippen LogP contribution in [-0.2, 0) is 13.1 Å². The molecule has 0 aliphatic heterocycles. The van der Waals surface area contributed by atoms with Gasteiger partial charge in [0, 0.05) is 31.5 Å². The largest absolute Gasteiger partial charge is 0.354 e. The minimum absolute atomic E-state index is 0.796. The first kappa shape index (κ1) is 9.78. The highest BCUT2D eigenvalue weighted by molar-refractivity contribution is 5.10. The molecule has 1 aromatic heterocycles. The van der Waals surface area contributed by atoms with Crippen molar-refractivity contribution in [2.75, 3.05) is 0 Å². The molecule has 0 spiro atoms. The topological polar surface area (TPSA) is 17.0 Å². The number of nitrogens with one attached hydrogen (secondary N) is 1. The Morgan fingerprint density at radius 1 is 1.50 bits per heavy atom. The monoisotopic (exact) mass is 192 g/mol. The SMILES string of the molecule is CCCn1ccc(CNC2CCC2)c1. The van der Waals surface area contributed by atoms with Crippen LogP contribution in [0.2, 0.25) is 0 Å². The van der Waals surface area contributed by atoms with Crippen molar-refractivity contribution >= 4 is 0 Å². The van der Waals surface area contributed by atoms with Crippen LogP contribution in [-0.4, -0.2) is 10.6 Å². The molecule has 14 heavy (non-hydrogen) atoms. The molecule has 1 heterocycles. The molecular formula is C12H20N2. The first-order valence-corrected chi connectivity index (χ1v) is 5.76. The Kier molecular flexibility index (Phi) is 3.25. The summed E-state index contributed by atoms with van der Waals surface area (Å²) in [6.45, 7) is 4.40. The number of hydrogen-bond donors (Lipinski definition) is 1. The number of nitrogens with zero attached hydrogens (tertiary/aromatic N) is 1. The first-order valence-electron chi connectivity index (χ1n) is 5.76. The van der Waals surface area contributed by atoms with E-state index in [0.717, 1.165) is 19.1 Å². The summed E-state index contributed by atoms with van der Waals surface area (Å²) in [6.07, 6.45) is 9.81. The van der Waals surface area contributed by atoms with Gasteiger partial charge >= 0.3 is 0 Å². The second-order valence-electron chi connectivity index (χ2n) is 4.27. The predicted molar refractivity (Wildman–Crippen MR) is 59.2 cm³/mol. The van der Waals surface area contributed by atoms with Crippen LogP contribution in [0.5, 0.6) is 0 Å². The number of aryl methyl sites for hydroxylation is 1. The molecule has 0 aromatic carbocycles. The van der Waals surface area contributed by atoms with Gasteiger partial charge in [0.05, 0.1) is 0 Å². The third kappa shape index (κ3) is 2.38. The fraction of sp³-hybridized carbons (Fsp3) is 0.667. The van der Waals surface area contributed by atoms with Gasteiger partial charge in [-0.2, -0.15) is 0 Å². The highest BCUT2D eigenvalue weighted by Gasteiger charge is 2.15. The van der Waals surface area contributed by atoms with Crippen LogP contribution in [0.1, 0.15) is 38.2 Å². The van der Waals surface area contributed by atoms with Gasteiger partial charge in [-0.05, 0) is 30.9 Å². The lowest BCUT2D eigenvalue weighted by molar-refractivity contribution is 0.338. The van der Waals surface area contributed by atoms with Gasteiger partial charge in [0.2, 0.25) is 0 Å². The summed E-state index contributed by atoms with van der Waals surface area (Å²) in [5.41, 5.74) is 1.42. The maximum atomic E-state index is 3.58. The van der Waals surface area contributed by atoms with E-state index < -0.39 is 0 Å². The Balaban J connectivity index is 1.77. The third-order valence-corrected chi connectivity index (χ3v) is 2.99. The zero-order valence-electron chi connectivity index (χ0n) is 9.00. The minimum Gasteiger partial charge on any atom is -0.354 e. The van der Waals surface area contributed by atoms with E-state index in [1.807, 2.05) is 0 Å². The van der Waals surface area contributed by atoms with Gasteiger partial charge < -0.3 is 9.88 Å². The van der Waals surface area contributed by atoms with E-state index in [9.17, 15) is 0 Å². The number of aromatic nitrogens is 1. The van der Waals surface area contributed by atoms with Gasteiger partial charge in [-0.1, -0.05) is 13.3 Å². The van der Waals surface area contributed by atoms with E-state index in [-0.39, 0.29) is 0 Å². The van der Waals surface area contributed by atoms with Crippen LogP contribution in [0, 0.1) is 0 Å². The standard InChI is InChI=1S/C12H20N2/c1-2-7-14-8-6-11(10-14)9-13-12-4-3-5-12/h6,8,10,12-13H,2-5,7,9H2,1H3. The number of hydrogen-bond acceptors (Lipinski definition) is 1. The van der Waals surface area contributed by atoms with E-state index in [1.165, 1.54) is 31.2 Å². The lowest BCUT2D eigenvalue weighted by Crippen LogP contribution is -2.34. The van der Waals surface area contributed by atoms with Gasteiger partial charge in [0.15, 0.2) is 0 Å². The Labute approximate surface area is 86.3 Å². The normalized spacial score (nSPS) is 16.9. The molecule has 1 N–H and O–H groups in total. The summed E-state index contributed by atoms with van der Waals surface area (Å²) in [6, 6.07) is 3.02. The van der Waals surface area contributed by atoms with Gasteiger partial charge in [-0.3, -0.25) is 0 Å². The summed E-state index contributed by atoms with van der Waals surface area (Å²) < 4.78 is 2.28. The van der Waals surface area contributed by atoms with E-state index in [4.69, 9.17) is 0 Å². The lowest BCUT2D eigenvalue weighted by Gasteiger charge is -2.26. The van der Waals surface area contributed by atoms with Crippen LogP contribution in [0.3, 0.4) is 0 Å². The van der Waals surface area contributed by atoms with Gasteiger partial charge in [-0.25, -0.2) is 0 Å². The molecule has 0 bridgehead atoms. The summed E-state index contributed by atoms with van der Waals surface area (Å²) in [5, 5.41) is 3.58. The zero-order valence-corrected chi connectivity index (χ0v) is 9.00. The molecule has 0 unspecified atom stereocenters. The molecule has 1 aliphatic rings. The fourth-order valence-electron chi connectivity index (χ4n) is 1.87. The molecule has 0 amide bonds. The molecular weight excluding hydrogens is 172 g/mol. The van der Waals surface area contributed by atoms with E-state index >= 15 is 0 Å². The molecule has 1 saturated carbocycles. The lowest BCUT2D eigenvalue weighted by atomic mass is 9.93. The molecule has 2 rings (SSSR count). The Morgan fingerprint density at radius 2 is 2.36 bits per heavy atom. The third-order valence-electron chi connectivity index (χ3n) is 2.99. The smallest absolute Gasteiger partial charge is 0.0223 e. The molecule has 1 aromatic rings. The molecule has 0 radical (unpaired) electrons. The van der Waals surface area contributed by atoms with Crippen molar-refractivity contribution < 1.29 is 0 Å². The minimum atomic E-state index is 0.796. The molecule has 2 nitrogen and oxygen atoms in total. The molecule has 0 saturated heterocycles. The average molecular weight is 192 g/mol. The molecule has 1 fully saturated rings. The maximum absolute atomic E-state index is 3.58. The second-order valence-corrected chi connectivity index (χ2v) is 4.27. The molecule has 78 valence electrons. The fourth-order valence-corrected chi connectivity index (χ4v) is 1.87. The van der Waals surface area contributed by atoms with Crippen LogP contribution in [0.15, 0.2) is 18.5 Å². The van der Waals surface area contributed by atoms with Crippen LogP contribution < -0.4 is 5.32 Å². The number of rotatable bonds is 5. The van der Waals surface area contributed by atoms with Crippen molar-refractivity contribution in [3.63, 3.8) is 0 Å². The van der Waals surface area contributed by atoms with Gasteiger partial charge in [-0.15, -0.1) is 0 Å². The first-order chi connectivity index (χ1) is 6.88. The van der Waals surface area contributed by atoms with E-state index in [1.54, 1.807) is 0 Å². The van der Waals surface area contributed by atoms with Gasteiger partial charge in [0.1, 0.15) is 0 Å². The highest BCUT2D eigenvalue weighted by Crippen LogP contribution is 2.18. The van der Waals surface area contributed by atoms with Crippen molar-refractivity contribution in [3.05, 3.63) is 24.0 Å². The average Bonchev–Trinajstić information content (AvgIpc) is 2.51. The highest BCUT2D eigenvalue weighted by atomic mass is 15.0. The molecule has 1 aliphatic carbocycles. The summed E-state index contributed by atoms with van der Waals surface area (Å²) >= 11 is 0. The van der Waals surface area contributed by atoms with Crippen LogP contribution in [0.25, 0.3) is 0 Å². The van der Waals surface area contributed by atoms with Crippen molar-refractivity contribution in [1.29, 1.82) is 0 Å². The van der Waals surface area contributed by atoms with Crippen molar-refractivity contribution in [2.45, 2.75) is 51.7 Å². The summed E-state index contributed by atoms with van der Waals surface area (Å²) in [4.78, 5) is 0. The summed E-state index contributed by atoms with van der Waals surface area (Å²) in [7, 11) is 0. The van der Waals surface area contributed by atoms with E-state index in [0.29, 0.717) is 0 Å². The molecule has 2 heteroatoms. The molecule has 0 atom stereocenters. The van der Waals surface area contributed by atoms with Crippen molar-refractivity contribution in [3.8, 4) is 0 Å².